The van der Waals surface area contributed by atoms with E-state index in [0.29, 0.717) is 12.2 Å². The molecule has 0 atom stereocenters. The number of urea groups is 1. The molecule has 0 saturated carbocycles. The number of guanidine groups is 1. The molecule has 5 nitrogen and oxygen atoms in total. The minimum absolute atomic E-state index is 0.116. The Kier molecular flexibility index (Phi) is 4.28. The molecule has 0 heterocycles. The maximum Gasteiger partial charge on any atom is 0.328 e. The van der Waals surface area contributed by atoms with Crippen molar-refractivity contribution < 1.29 is 9.18 Å². The lowest BCUT2D eigenvalue weighted by Crippen LogP contribution is -2.45. The van der Waals surface area contributed by atoms with Gasteiger partial charge in [-0.2, -0.15) is 0 Å². The third-order valence-electron chi connectivity index (χ3n) is 2.00. The van der Waals surface area contributed by atoms with Crippen LogP contribution in [0, 0.1) is 11.2 Å². The molecule has 92 valence electrons. The lowest BCUT2D eigenvalue weighted by atomic mass is 10.3. The van der Waals surface area contributed by atoms with Crippen molar-refractivity contribution in [3.05, 3.63) is 29.0 Å². The van der Waals surface area contributed by atoms with Gasteiger partial charge in [-0.15, -0.1) is 0 Å². The molecule has 0 spiro atoms. The first-order valence-electron chi connectivity index (χ1n) is 4.83. The highest BCUT2D eigenvalue weighted by molar-refractivity contribution is 6.33. The SMILES string of the molecule is CCN(C(=O)NC(=N)N)c1ccc(F)cc1Cl. The van der Waals surface area contributed by atoms with Gasteiger partial charge in [-0.25, -0.2) is 9.18 Å². The van der Waals surface area contributed by atoms with Gasteiger partial charge in [0.05, 0.1) is 10.7 Å². The maximum atomic E-state index is 12.9. The van der Waals surface area contributed by atoms with E-state index in [1.807, 2.05) is 0 Å². The van der Waals surface area contributed by atoms with Gasteiger partial charge in [0.15, 0.2) is 5.96 Å². The number of carbonyl (C=O) groups is 1. The van der Waals surface area contributed by atoms with E-state index in [2.05, 4.69) is 5.32 Å². The van der Waals surface area contributed by atoms with Crippen LogP contribution in [-0.4, -0.2) is 18.5 Å². The summed E-state index contributed by atoms with van der Waals surface area (Å²) in [4.78, 5) is 12.9. The van der Waals surface area contributed by atoms with Gasteiger partial charge in [0.2, 0.25) is 0 Å². The van der Waals surface area contributed by atoms with Crippen LogP contribution in [0.1, 0.15) is 6.92 Å². The predicted molar refractivity (Wildman–Crippen MR) is 64.9 cm³/mol. The Morgan fingerprint density at radius 2 is 2.29 bits per heavy atom. The van der Waals surface area contributed by atoms with Crippen molar-refractivity contribution in [2.24, 2.45) is 5.73 Å². The Labute approximate surface area is 103 Å². The molecule has 0 aliphatic heterocycles. The molecule has 2 amide bonds. The highest BCUT2D eigenvalue weighted by Crippen LogP contribution is 2.26. The lowest BCUT2D eigenvalue weighted by molar-refractivity contribution is 0.250. The highest BCUT2D eigenvalue weighted by Gasteiger charge is 2.17. The number of hydrogen-bond donors (Lipinski definition) is 3. The van der Waals surface area contributed by atoms with Gasteiger partial charge >= 0.3 is 6.03 Å². The quantitative estimate of drug-likeness (QED) is 0.559. The molecule has 4 N–H and O–H groups in total. The van der Waals surface area contributed by atoms with E-state index in [0.717, 1.165) is 6.07 Å². The third kappa shape index (κ3) is 3.32. The topological polar surface area (TPSA) is 82.2 Å². The monoisotopic (exact) mass is 258 g/mol. The molecule has 0 bridgehead atoms. The second kappa shape index (κ2) is 5.49. The van der Waals surface area contributed by atoms with E-state index < -0.39 is 17.8 Å². The Hall–Kier alpha value is -1.82. The van der Waals surface area contributed by atoms with Crippen LogP contribution < -0.4 is 16.0 Å². The predicted octanol–water partition coefficient (Wildman–Crippen LogP) is 1.91. The molecule has 0 aromatic heterocycles. The smallest absolute Gasteiger partial charge is 0.328 e. The second-order valence-electron chi connectivity index (χ2n) is 3.18. The van der Waals surface area contributed by atoms with Crippen molar-refractivity contribution >= 4 is 29.3 Å². The fourth-order valence-corrected chi connectivity index (χ4v) is 1.58. The zero-order valence-electron chi connectivity index (χ0n) is 9.13. The third-order valence-corrected chi connectivity index (χ3v) is 2.31. The first-order chi connectivity index (χ1) is 7.95. The zero-order chi connectivity index (χ0) is 13.0. The molecule has 1 rings (SSSR count). The molecule has 7 heteroatoms. The molecular weight excluding hydrogens is 247 g/mol. The number of halogens is 2. The first-order valence-corrected chi connectivity index (χ1v) is 5.21. The summed E-state index contributed by atoms with van der Waals surface area (Å²) in [7, 11) is 0. The lowest BCUT2D eigenvalue weighted by Gasteiger charge is -2.22. The minimum atomic E-state index is -0.589. The number of amides is 2. The van der Waals surface area contributed by atoms with Crippen LogP contribution in [0.2, 0.25) is 5.02 Å². The summed E-state index contributed by atoms with van der Waals surface area (Å²) in [5, 5.41) is 9.22. The molecular formula is C10H12ClFN4O. The van der Waals surface area contributed by atoms with Crippen LogP contribution in [0.15, 0.2) is 18.2 Å². The molecule has 0 aliphatic rings. The van der Waals surface area contributed by atoms with Crippen LogP contribution in [0.3, 0.4) is 0 Å². The molecule has 0 saturated heterocycles. The van der Waals surface area contributed by atoms with Crippen molar-refractivity contribution in [3.8, 4) is 0 Å². The minimum Gasteiger partial charge on any atom is -0.370 e. The van der Waals surface area contributed by atoms with E-state index in [4.69, 9.17) is 22.7 Å². The highest BCUT2D eigenvalue weighted by atomic mass is 35.5. The zero-order valence-corrected chi connectivity index (χ0v) is 9.88. The Bertz CT molecular complexity index is 452. The normalized spacial score (nSPS) is 9.82. The number of anilines is 1. The maximum absolute atomic E-state index is 12.9. The van der Waals surface area contributed by atoms with Gasteiger partial charge in [0.1, 0.15) is 5.82 Å². The van der Waals surface area contributed by atoms with Gasteiger partial charge in [-0.3, -0.25) is 15.6 Å². The van der Waals surface area contributed by atoms with Crippen molar-refractivity contribution in [1.82, 2.24) is 5.32 Å². The van der Waals surface area contributed by atoms with E-state index in [9.17, 15) is 9.18 Å². The average Bonchev–Trinajstić information content (AvgIpc) is 2.21. The van der Waals surface area contributed by atoms with E-state index in [1.165, 1.54) is 17.0 Å². The fraction of sp³-hybridized carbons (Fsp3) is 0.200. The summed E-state index contributed by atoms with van der Waals surface area (Å²) in [6, 6.07) is 3.11. The van der Waals surface area contributed by atoms with Crippen LogP contribution in [0.5, 0.6) is 0 Å². The summed E-state index contributed by atoms with van der Waals surface area (Å²) in [5.41, 5.74) is 5.41. The first kappa shape index (κ1) is 13.2. The van der Waals surface area contributed by atoms with Crippen LogP contribution in [0.4, 0.5) is 14.9 Å². The van der Waals surface area contributed by atoms with Gasteiger partial charge in [-0.05, 0) is 25.1 Å². The number of carbonyl (C=O) groups excluding carboxylic acids is 1. The Balaban J connectivity index is 3.01. The van der Waals surface area contributed by atoms with Crippen LogP contribution in [0.25, 0.3) is 0 Å². The summed E-state index contributed by atoms with van der Waals surface area (Å²) in [6.45, 7) is 2.03. The van der Waals surface area contributed by atoms with Crippen molar-refractivity contribution in [2.45, 2.75) is 6.92 Å². The van der Waals surface area contributed by atoms with Crippen molar-refractivity contribution in [1.29, 1.82) is 5.41 Å². The number of rotatable bonds is 2. The summed E-state index contributed by atoms with van der Waals surface area (Å²) in [5.74, 6) is -0.950. The molecule has 1 aromatic carbocycles. The van der Waals surface area contributed by atoms with Crippen molar-refractivity contribution in [2.75, 3.05) is 11.4 Å². The summed E-state index contributed by atoms with van der Waals surface area (Å²) < 4.78 is 12.9. The fourth-order valence-electron chi connectivity index (χ4n) is 1.31. The van der Waals surface area contributed by atoms with E-state index in [1.54, 1.807) is 6.92 Å². The van der Waals surface area contributed by atoms with E-state index >= 15 is 0 Å². The molecule has 1 aromatic rings. The summed E-state index contributed by atoms with van der Waals surface area (Å²) >= 11 is 5.84. The molecule has 0 radical (unpaired) electrons. The van der Waals surface area contributed by atoms with Gasteiger partial charge in [0, 0.05) is 6.54 Å². The van der Waals surface area contributed by atoms with Gasteiger partial charge in [0.25, 0.3) is 0 Å². The standard InChI is InChI=1S/C10H12ClFN4O/c1-2-16(10(17)15-9(13)14)8-4-3-6(12)5-7(8)11/h3-5H,2H2,1H3,(H4,13,14,15,17). The van der Waals surface area contributed by atoms with Gasteiger partial charge in [-0.1, -0.05) is 11.6 Å². The largest absolute Gasteiger partial charge is 0.370 e. The van der Waals surface area contributed by atoms with E-state index in [-0.39, 0.29) is 5.02 Å². The second-order valence-corrected chi connectivity index (χ2v) is 3.59. The molecule has 0 fully saturated rings. The Morgan fingerprint density at radius 1 is 1.65 bits per heavy atom. The number of benzene rings is 1. The number of hydrogen-bond acceptors (Lipinski definition) is 2. The number of nitrogens with two attached hydrogens (primary N) is 1. The van der Waals surface area contributed by atoms with Crippen LogP contribution >= 0.6 is 11.6 Å². The summed E-state index contributed by atoms with van der Waals surface area (Å²) in [6.07, 6.45) is 0. The van der Waals surface area contributed by atoms with Crippen LogP contribution in [-0.2, 0) is 0 Å². The molecule has 17 heavy (non-hydrogen) atoms. The average molecular weight is 259 g/mol. The number of nitrogens with one attached hydrogen (secondary N) is 2. The van der Waals surface area contributed by atoms with Gasteiger partial charge < -0.3 is 5.73 Å². The molecule has 0 aliphatic carbocycles. The molecule has 0 unspecified atom stereocenters. The Morgan fingerprint density at radius 3 is 2.76 bits per heavy atom. The van der Waals surface area contributed by atoms with Crippen molar-refractivity contribution in [3.63, 3.8) is 0 Å². The number of nitrogens with zero attached hydrogens (tertiary/aromatic N) is 1.